The van der Waals surface area contributed by atoms with E-state index in [1.165, 1.54) is 11.3 Å². The van der Waals surface area contributed by atoms with Gasteiger partial charge in [-0.05, 0) is 43.3 Å². The molecule has 3 aromatic rings. The standard InChI is InChI=1S/C18H16N2O2S/c1-2-22-15-10-8-13(9-11-15)16-12-23-18(19-16)20-17(21)14-6-4-3-5-7-14/h3-12H,2H2,1H3,(H,19,20,21). The zero-order valence-electron chi connectivity index (χ0n) is 12.7. The first-order valence-corrected chi connectivity index (χ1v) is 8.19. The highest BCUT2D eigenvalue weighted by molar-refractivity contribution is 7.14. The van der Waals surface area contributed by atoms with E-state index in [9.17, 15) is 4.79 Å². The average molecular weight is 324 g/mol. The molecule has 0 unspecified atom stereocenters. The molecule has 0 atom stereocenters. The molecule has 116 valence electrons. The third-order valence-corrected chi connectivity index (χ3v) is 3.98. The second-order valence-electron chi connectivity index (χ2n) is 4.82. The van der Waals surface area contributed by atoms with E-state index in [0.29, 0.717) is 17.3 Å². The Hall–Kier alpha value is -2.66. The van der Waals surface area contributed by atoms with Crippen LogP contribution in [0, 0.1) is 0 Å². The minimum absolute atomic E-state index is 0.154. The molecule has 1 aromatic heterocycles. The van der Waals surface area contributed by atoms with Gasteiger partial charge in [0.2, 0.25) is 0 Å². The Balaban J connectivity index is 1.71. The van der Waals surface area contributed by atoms with Crippen molar-refractivity contribution in [2.45, 2.75) is 6.92 Å². The van der Waals surface area contributed by atoms with Crippen molar-refractivity contribution in [2.75, 3.05) is 11.9 Å². The second kappa shape index (κ2) is 7.07. The summed E-state index contributed by atoms with van der Waals surface area (Å²) in [6.45, 7) is 2.60. The lowest BCUT2D eigenvalue weighted by Crippen LogP contribution is -2.11. The highest BCUT2D eigenvalue weighted by Gasteiger charge is 2.09. The number of carbonyl (C=O) groups is 1. The Morgan fingerprint density at radius 3 is 2.57 bits per heavy atom. The Kier molecular flexibility index (Phi) is 4.68. The van der Waals surface area contributed by atoms with Crippen molar-refractivity contribution in [3.05, 3.63) is 65.5 Å². The van der Waals surface area contributed by atoms with Gasteiger partial charge in [0.25, 0.3) is 5.91 Å². The van der Waals surface area contributed by atoms with E-state index in [2.05, 4.69) is 10.3 Å². The van der Waals surface area contributed by atoms with Crippen molar-refractivity contribution >= 4 is 22.4 Å². The van der Waals surface area contributed by atoms with Crippen molar-refractivity contribution in [1.82, 2.24) is 4.98 Å². The fraction of sp³-hybridized carbons (Fsp3) is 0.111. The maximum atomic E-state index is 12.1. The summed E-state index contributed by atoms with van der Waals surface area (Å²) in [4.78, 5) is 16.6. The highest BCUT2D eigenvalue weighted by atomic mass is 32.1. The van der Waals surface area contributed by atoms with Gasteiger partial charge < -0.3 is 4.74 Å². The lowest BCUT2D eigenvalue weighted by molar-refractivity contribution is 0.102. The Morgan fingerprint density at radius 2 is 1.87 bits per heavy atom. The predicted octanol–water partition coefficient (Wildman–Crippen LogP) is 4.46. The first kappa shape index (κ1) is 15.2. The molecule has 0 spiro atoms. The van der Waals surface area contributed by atoms with Crippen LogP contribution in [0.4, 0.5) is 5.13 Å². The molecule has 5 heteroatoms. The van der Waals surface area contributed by atoms with Crippen molar-refractivity contribution in [1.29, 1.82) is 0 Å². The summed E-state index contributed by atoms with van der Waals surface area (Å²) in [7, 11) is 0. The molecule has 2 aromatic carbocycles. The lowest BCUT2D eigenvalue weighted by Gasteiger charge is -2.03. The fourth-order valence-electron chi connectivity index (χ4n) is 2.11. The second-order valence-corrected chi connectivity index (χ2v) is 5.67. The molecule has 0 saturated heterocycles. The number of nitrogens with zero attached hydrogens (tertiary/aromatic N) is 1. The van der Waals surface area contributed by atoms with Crippen molar-refractivity contribution in [2.24, 2.45) is 0 Å². The van der Waals surface area contributed by atoms with Crippen LogP contribution in [0.5, 0.6) is 5.75 Å². The van der Waals surface area contributed by atoms with Crippen LogP contribution < -0.4 is 10.1 Å². The van der Waals surface area contributed by atoms with E-state index in [1.807, 2.05) is 54.8 Å². The third-order valence-electron chi connectivity index (χ3n) is 3.22. The summed E-state index contributed by atoms with van der Waals surface area (Å²) in [6.07, 6.45) is 0. The van der Waals surface area contributed by atoms with Gasteiger partial charge in [0.15, 0.2) is 5.13 Å². The van der Waals surface area contributed by atoms with Crippen molar-refractivity contribution < 1.29 is 9.53 Å². The van der Waals surface area contributed by atoms with E-state index >= 15 is 0 Å². The van der Waals surface area contributed by atoms with Crippen LogP contribution in [0.2, 0.25) is 0 Å². The molecule has 1 N–H and O–H groups in total. The van der Waals surface area contributed by atoms with Gasteiger partial charge in [-0.2, -0.15) is 0 Å². The smallest absolute Gasteiger partial charge is 0.257 e. The molecule has 0 aliphatic heterocycles. The number of hydrogen-bond donors (Lipinski definition) is 1. The number of nitrogens with one attached hydrogen (secondary N) is 1. The van der Waals surface area contributed by atoms with Crippen LogP contribution in [0.25, 0.3) is 11.3 Å². The largest absolute Gasteiger partial charge is 0.494 e. The molecule has 1 amide bonds. The Morgan fingerprint density at radius 1 is 1.13 bits per heavy atom. The summed E-state index contributed by atoms with van der Waals surface area (Å²) in [5.74, 6) is 0.683. The Bertz CT molecular complexity index is 782. The maximum Gasteiger partial charge on any atom is 0.257 e. The normalized spacial score (nSPS) is 10.3. The number of rotatable bonds is 5. The molecule has 23 heavy (non-hydrogen) atoms. The zero-order valence-corrected chi connectivity index (χ0v) is 13.5. The summed E-state index contributed by atoms with van der Waals surface area (Å²) in [5, 5.41) is 5.34. The molecular formula is C18H16N2O2S. The first-order chi connectivity index (χ1) is 11.3. The van der Waals surface area contributed by atoms with Gasteiger partial charge in [-0.25, -0.2) is 4.98 Å². The summed E-state index contributed by atoms with van der Waals surface area (Å²) < 4.78 is 5.43. The SMILES string of the molecule is CCOc1ccc(-c2csc(NC(=O)c3ccccc3)n2)cc1. The van der Waals surface area contributed by atoms with E-state index in [4.69, 9.17) is 4.74 Å². The van der Waals surface area contributed by atoms with Gasteiger partial charge in [0.1, 0.15) is 5.75 Å². The van der Waals surface area contributed by atoms with Crippen LogP contribution in [0.1, 0.15) is 17.3 Å². The average Bonchev–Trinajstić information content (AvgIpc) is 3.05. The van der Waals surface area contributed by atoms with Crippen LogP contribution in [0.3, 0.4) is 0 Å². The number of thiazole rings is 1. The predicted molar refractivity (Wildman–Crippen MR) is 93.1 cm³/mol. The Labute approximate surface area is 138 Å². The lowest BCUT2D eigenvalue weighted by atomic mass is 10.2. The first-order valence-electron chi connectivity index (χ1n) is 7.31. The molecule has 4 nitrogen and oxygen atoms in total. The molecule has 0 bridgehead atoms. The van der Waals surface area contributed by atoms with Crippen molar-refractivity contribution in [3.8, 4) is 17.0 Å². The number of anilines is 1. The third kappa shape index (κ3) is 3.76. The van der Waals surface area contributed by atoms with Crippen LogP contribution >= 0.6 is 11.3 Å². The number of hydrogen-bond acceptors (Lipinski definition) is 4. The van der Waals surface area contributed by atoms with Crippen LogP contribution in [-0.2, 0) is 0 Å². The molecule has 0 radical (unpaired) electrons. The van der Waals surface area contributed by atoms with Crippen LogP contribution in [0.15, 0.2) is 60.0 Å². The summed E-state index contributed by atoms with van der Waals surface area (Å²) >= 11 is 1.41. The number of ether oxygens (including phenoxy) is 1. The molecule has 3 rings (SSSR count). The number of benzene rings is 2. The zero-order chi connectivity index (χ0) is 16.1. The topological polar surface area (TPSA) is 51.2 Å². The molecule has 0 fully saturated rings. The van der Waals surface area contributed by atoms with Gasteiger partial charge in [-0.1, -0.05) is 18.2 Å². The van der Waals surface area contributed by atoms with E-state index in [0.717, 1.165) is 17.0 Å². The fourth-order valence-corrected chi connectivity index (χ4v) is 2.83. The molecule has 1 heterocycles. The van der Waals surface area contributed by atoms with Crippen molar-refractivity contribution in [3.63, 3.8) is 0 Å². The minimum Gasteiger partial charge on any atom is -0.494 e. The van der Waals surface area contributed by atoms with Gasteiger partial charge in [-0.3, -0.25) is 10.1 Å². The maximum absolute atomic E-state index is 12.1. The quantitative estimate of drug-likeness (QED) is 0.754. The van der Waals surface area contributed by atoms with Crippen LogP contribution in [-0.4, -0.2) is 17.5 Å². The van der Waals surface area contributed by atoms with E-state index in [1.54, 1.807) is 12.1 Å². The molecular weight excluding hydrogens is 308 g/mol. The van der Waals surface area contributed by atoms with Gasteiger partial charge in [-0.15, -0.1) is 11.3 Å². The molecule has 0 saturated carbocycles. The highest BCUT2D eigenvalue weighted by Crippen LogP contribution is 2.26. The number of aromatic nitrogens is 1. The monoisotopic (exact) mass is 324 g/mol. The summed E-state index contributed by atoms with van der Waals surface area (Å²) in [5.41, 5.74) is 2.44. The molecule has 0 aliphatic rings. The molecule has 0 aliphatic carbocycles. The minimum atomic E-state index is -0.154. The van der Waals surface area contributed by atoms with Gasteiger partial charge in [0, 0.05) is 16.5 Å². The van der Waals surface area contributed by atoms with E-state index < -0.39 is 0 Å². The number of amides is 1. The van der Waals surface area contributed by atoms with E-state index in [-0.39, 0.29) is 5.91 Å². The summed E-state index contributed by atoms with van der Waals surface area (Å²) in [6, 6.07) is 16.9. The van der Waals surface area contributed by atoms with Gasteiger partial charge in [0.05, 0.1) is 12.3 Å². The number of carbonyl (C=O) groups excluding carboxylic acids is 1. The van der Waals surface area contributed by atoms with Gasteiger partial charge >= 0.3 is 0 Å².